The van der Waals surface area contributed by atoms with Crippen LogP contribution in [0.1, 0.15) is 31.3 Å². The van der Waals surface area contributed by atoms with Gasteiger partial charge in [0.25, 0.3) is 0 Å². The summed E-state index contributed by atoms with van der Waals surface area (Å²) in [6.45, 7) is 3.92. The lowest BCUT2D eigenvalue weighted by atomic mass is 9.96. The first-order valence-electron chi connectivity index (χ1n) is 4.06. The minimum Gasteiger partial charge on any atom is -0.364 e. The van der Waals surface area contributed by atoms with Crippen molar-refractivity contribution < 1.29 is 9.84 Å². The fraction of sp³-hybridized carbons (Fsp3) is 0.400. The summed E-state index contributed by atoms with van der Waals surface area (Å²) in [6.07, 6.45) is -0.754. The smallest absolute Gasteiger partial charge is 0.182 e. The highest BCUT2D eigenvalue weighted by molar-refractivity contribution is 5.35. The number of rotatable bonds is 0. The molecule has 12 heavy (non-hydrogen) atoms. The average Bonchev–Trinajstić information content (AvgIpc) is 2.25. The molecule has 0 aliphatic carbocycles. The summed E-state index contributed by atoms with van der Waals surface area (Å²) in [4.78, 5) is 0. The van der Waals surface area contributed by atoms with Crippen LogP contribution in [0.25, 0.3) is 0 Å². The van der Waals surface area contributed by atoms with Gasteiger partial charge in [-0.2, -0.15) is 0 Å². The van der Waals surface area contributed by atoms with Gasteiger partial charge in [-0.25, -0.2) is 0 Å². The number of benzene rings is 1. The molecule has 0 saturated carbocycles. The highest BCUT2D eigenvalue weighted by Gasteiger charge is 2.36. The van der Waals surface area contributed by atoms with E-state index in [4.69, 9.17) is 4.74 Å². The Hall–Kier alpha value is -0.860. The van der Waals surface area contributed by atoms with Gasteiger partial charge in [0.1, 0.15) is 0 Å². The van der Waals surface area contributed by atoms with Crippen LogP contribution in [0.5, 0.6) is 0 Å². The van der Waals surface area contributed by atoms with Crippen molar-refractivity contribution in [2.75, 3.05) is 0 Å². The van der Waals surface area contributed by atoms with Gasteiger partial charge >= 0.3 is 0 Å². The summed E-state index contributed by atoms with van der Waals surface area (Å²) < 4.78 is 5.37. The maximum absolute atomic E-state index is 9.49. The standard InChI is InChI=1S/C10H12O2/c1-10(2)8-6-4-3-5-7(8)9(11)12-10/h3-6,9,11H,1-2H3. The van der Waals surface area contributed by atoms with Crippen molar-refractivity contribution >= 4 is 0 Å². The fourth-order valence-electron chi connectivity index (χ4n) is 1.67. The second kappa shape index (κ2) is 2.31. The van der Waals surface area contributed by atoms with E-state index in [9.17, 15) is 5.11 Å². The molecule has 2 rings (SSSR count). The van der Waals surface area contributed by atoms with Crippen LogP contribution in [0.4, 0.5) is 0 Å². The van der Waals surface area contributed by atoms with Crippen LogP contribution in [0, 0.1) is 0 Å². The Labute approximate surface area is 71.8 Å². The molecular formula is C10H12O2. The quantitative estimate of drug-likeness (QED) is 0.635. The van der Waals surface area contributed by atoms with E-state index in [0.717, 1.165) is 11.1 Å². The van der Waals surface area contributed by atoms with Gasteiger partial charge in [0.2, 0.25) is 0 Å². The van der Waals surface area contributed by atoms with E-state index < -0.39 is 6.29 Å². The minimum absolute atomic E-state index is 0.351. The highest BCUT2D eigenvalue weighted by atomic mass is 16.6. The molecule has 64 valence electrons. The van der Waals surface area contributed by atoms with Gasteiger partial charge in [0.05, 0.1) is 5.60 Å². The lowest BCUT2D eigenvalue weighted by Crippen LogP contribution is -2.15. The zero-order valence-electron chi connectivity index (χ0n) is 7.24. The molecule has 1 N–H and O–H groups in total. The van der Waals surface area contributed by atoms with Gasteiger partial charge in [0.15, 0.2) is 6.29 Å². The number of hydrogen-bond donors (Lipinski definition) is 1. The van der Waals surface area contributed by atoms with Crippen molar-refractivity contribution in [3.05, 3.63) is 35.4 Å². The predicted octanol–water partition coefficient (Wildman–Crippen LogP) is 1.94. The Morgan fingerprint density at radius 2 is 2.00 bits per heavy atom. The van der Waals surface area contributed by atoms with Crippen LogP contribution < -0.4 is 0 Å². The van der Waals surface area contributed by atoms with E-state index in [1.54, 1.807) is 0 Å². The number of ether oxygens (including phenoxy) is 1. The van der Waals surface area contributed by atoms with Crippen LogP contribution in [0.2, 0.25) is 0 Å². The Morgan fingerprint density at radius 1 is 1.33 bits per heavy atom. The van der Waals surface area contributed by atoms with E-state index in [1.807, 2.05) is 38.1 Å². The van der Waals surface area contributed by atoms with Crippen molar-refractivity contribution in [2.45, 2.75) is 25.7 Å². The van der Waals surface area contributed by atoms with Crippen LogP contribution >= 0.6 is 0 Å². The summed E-state index contributed by atoms with van der Waals surface area (Å²) >= 11 is 0. The molecule has 0 bridgehead atoms. The Morgan fingerprint density at radius 3 is 2.67 bits per heavy atom. The van der Waals surface area contributed by atoms with Crippen LogP contribution in [0.3, 0.4) is 0 Å². The van der Waals surface area contributed by atoms with E-state index in [0.29, 0.717) is 0 Å². The topological polar surface area (TPSA) is 29.5 Å². The Bertz CT molecular complexity index is 304. The minimum atomic E-state index is -0.754. The SMILES string of the molecule is CC1(C)OC(O)c2ccccc21. The molecule has 0 spiro atoms. The number of hydrogen-bond acceptors (Lipinski definition) is 2. The molecule has 1 aliphatic rings. The van der Waals surface area contributed by atoms with Crippen molar-refractivity contribution in [3.8, 4) is 0 Å². The molecular weight excluding hydrogens is 152 g/mol. The number of fused-ring (bicyclic) bond motifs is 1. The summed E-state index contributed by atoms with van der Waals surface area (Å²) in [5.41, 5.74) is 1.62. The molecule has 2 nitrogen and oxygen atoms in total. The number of aliphatic hydroxyl groups excluding tert-OH is 1. The molecule has 0 amide bonds. The Balaban J connectivity index is 2.58. The Kier molecular flexibility index (Phi) is 1.50. The predicted molar refractivity (Wildman–Crippen MR) is 45.5 cm³/mol. The van der Waals surface area contributed by atoms with Crippen molar-refractivity contribution in [1.82, 2.24) is 0 Å². The molecule has 1 aromatic rings. The van der Waals surface area contributed by atoms with Gasteiger partial charge in [-0.3, -0.25) is 0 Å². The maximum atomic E-state index is 9.49. The van der Waals surface area contributed by atoms with Crippen LogP contribution in [-0.4, -0.2) is 5.11 Å². The van der Waals surface area contributed by atoms with E-state index in [-0.39, 0.29) is 5.60 Å². The van der Waals surface area contributed by atoms with Gasteiger partial charge in [0, 0.05) is 5.56 Å². The monoisotopic (exact) mass is 164 g/mol. The van der Waals surface area contributed by atoms with Crippen molar-refractivity contribution in [1.29, 1.82) is 0 Å². The highest BCUT2D eigenvalue weighted by Crippen LogP contribution is 2.41. The largest absolute Gasteiger partial charge is 0.364 e. The molecule has 0 saturated heterocycles. The second-order valence-electron chi connectivity index (χ2n) is 3.57. The average molecular weight is 164 g/mol. The summed E-state index contributed by atoms with van der Waals surface area (Å²) in [7, 11) is 0. The third-order valence-corrected chi connectivity index (χ3v) is 2.28. The van der Waals surface area contributed by atoms with Crippen molar-refractivity contribution in [2.24, 2.45) is 0 Å². The lowest BCUT2D eigenvalue weighted by Gasteiger charge is -2.18. The molecule has 1 unspecified atom stereocenters. The van der Waals surface area contributed by atoms with Gasteiger partial charge < -0.3 is 9.84 Å². The molecule has 1 heterocycles. The molecule has 1 aromatic carbocycles. The van der Waals surface area contributed by atoms with Crippen molar-refractivity contribution in [3.63, 3.8) is 0 Å². The molecule has 1 atom stereocenters. The second-order valence-corrected chi connectivity index (χ2v) is 3.57. The first-order valence-corrected chi connectivity index (χ1v) is 4.06. The summed E-state index contributed by atoms with van der Waals surface area (Å²) in [5, 5.41) is 9.49. The molecule has 0 aromatic heterocycles. The first-order chi connectivity index (χ1) is 5.61. The molecule has 0 radical (unpaired) electrons. The zero-order chi connectivity index (χ0) is 8.77. The first kappa shape index (κ1) is 7.77. The fourth-order valence-corrected chi connectivity index (χ4v) is 1.67. The van der Waals surface area contributed by atoms with Gasteiger partial charge in [-0.05, 0) is 19.4 Å². The zero-order valence-corrected chi connectivity index (χ0v) is 7.24. The third-order valence-electron chi connectivity index (χ3n) is 2.28. The molecule has 0 fully saturated rings. The summed E-state index contributed by atoms with van der Waals surface area (Å²) in [6, 6.07) is 7.76. The van der Waals surface area contributed by atoms with Crippen LogP contribution in [0.15, 0.2) is 24.3 Å². The van der Waals surface area contributed by atoms with E-state index in [2.05, 4.69) is 0 Å². The molecule has 1 aliphatic heterocycles. The van der Waals surface area contributed by atoms with Crippen LogP contribution in [-0.2, 0) is 10.3 Å². The van der Waals surface area contributed by atoms with E-state index in [1.165, 1.54) is 0 Å². The van der Waals surface area contributed by atoms with Gasteiger partial charge in [-0.15, -0.1) is 0 Å². The third kappa shape index (κ3) is 0.958. The normalized spacial score (nSPS) is 25.4. The number of aliphatic hydroxyl groups is 1. The lowest BCUT2D eigenvalue weighted by molar-refractivity contribution is -0.157. The molecule has 2 heteroatoms. The van der Waals surface area contributed by atoms with Gasteiger partial charge in [-0.1, -0.05) is 24.3 Å². The maximum Gasteiger partial charge on any atom is 0.182 e. The van der Waals surface area contributed by atoms with E-state index >= 15 is 0 Å². The summed E-state index contributed by atoms with van der Waals surface area (Å²) in [5.74, 6) is 0.